The summed E-state index contributed by atoms with van der Waals surface area (Å²) in [6, 6.07) is 56.9. The third kappa shape index (κ3) is 36.4. The second-order valence-electron chi connectivity index (χ2n) is 18.5. The number of non-ortho nitro benzene ring substituents is 2. The van der Waals surface area contributed by atoms with Crippen LogP contribution in [0.2, 0.25) is 0 Å². The minimum absolute atomic E-state index is 0. The van der Waals surface area contributed by atoms with E-state index >= 15 is 0 Å². The van der Waals surface area contributed by atoms with Crippen LogP contribution >= 0.6 is 103 Å². The minimum atomic E-state index is -0.829. The number of carbonyl (C=O) groups is 4. The first-order valence-electron chi connectivity index (χ1n) is 28.3. The molecule has 0 fully saturated rings. The number of nitro groups is 2. The number of nitro benzene ring substituents is 2. The standard InChI is InChI=1S/C18H14N2O.C16H11N3O2.2C9H7ClO.C9H12N2O.C7H9N3O2.4HI.2V.4Y/c1-2-13-4-3-5-14(10-13)17-8-6-15-11-16(19-12-21)7-9-18(15)20-17;1-2-11-4-3-5-12(8-11)16-17-10-13-9-14(19(20)21)6-7-15(13)18-16;2*1-2-7-4-3-5-8(6-7)9(10)11;10-6-8-5-7(3-4-12)1-2-9(8)11;8-4-5-3-6(10(11)12)1-2-7(5)9;;;;;;;;;;/h3,5-12H,1-2H2,(H,19,21);3,5-10H,1-2H2;2*3,5-6H,1-2H2;1-2,4-5H,3,6,10-11H2;1-3H,4,8-9H2;4*1H;;;;;;/q4*-2;;;;;;;2*+2;;;;/p-4/i12T;;;;4T;;;;;;;;;;;. The van der Waals surface area contributed by atoms with Gasteiger partial charge in [0.05, 0.1) is 20.9 Å². The number of nitrogens with two attached hydrogens (primary N) is 4. The monoisotopic (exact) mass is 2180 g/mol. The van der Waals surface area contributed by atoms with E-state index in [1.54, 1.807) is 79.0 Å². The third-order valence-corrected chi connectivity index (χ3v) is 12.9. The van der Waals surface area contributed by atoms with Gasteiger partial charge in [0.1, 0.15) is 14.8 Å². The fourth-order valence-corrected chi connectivity index (χ4v) is 8.03. The van der Waals surface area contributed by atoms with E-state index in [0.29, 0.717) is 102 Å². The van der Waals surface area contributed by atoms with Crippen LogP contribution in [0.15, 0.2) is 164 Å². The number of pyridine rings is 1. The smallest absolute Gasteiger partial charge is 0 e. The SMILES string of the molecule is NCc1cc([N+](=O)[O-])ccc1N.[3H]C(=O)Cc1ccc(N)c(CN)c1.[3H]C(=O)Nc1ccc2nc(-c3cc[c-]c(C[CH2-])c3)ccc2c1.[CH2-]Cc1[c-]ccc(-c2ncc3cc([N+](=O)[O-])ccc3n2)c1.[CH2-]Cc1[c-]ccc(C(=O)Cl)c1.[CH2-]Cc1[c-]ccc(C(=O)Cl)c1.[I][V][I].[I][V][I].[Y].[Y].[Y].[Y]. The topological polar surface area (TPSA) is 309 Å². The fraction of sp³-hybridized carbons (Fsp3) is 0.103. The molecule has 0 saturated carbocycles. The zero-order chi connectivity index (χ0) is 71.3. The number of aldehydes is 1. The van der Waals surface area contributed by atoms with Crippen molar-refractivity contribution in [2.24, 2.45) is 11.5 Å². The van der Waals surface area contributed by atoms with Crippen molar-refractivity contribution in [2.45, 2.75) is 45.2 Å². The Morgan fingerprint density at radius 2 is 1.01 bits per heavy atom. The molecule has 502 valence electrons. The summed E-state index contributed by atoms with van der Waals surface area (Å²) >= 11 is 20.0. The molecule has 0 bridgehead atoms. The Morgan fingerprint density at radius 1 is 0.571 bits per heavy atom. The summed E-state index contributed by atoms with van der Waals surface area (Å²) in [7, 11) is 1.25. The molecular formula is C68H60Cl2I4N10O8V2Y4-8. The number of anilines is 3. The molecule has 0 aliphatic rings. The van der Waals surface area contributed by atoms with E-state index in [1.807, 2.05) is 54.6 Å². The number of rotatable bonds is 15. The van der Waals surface area contributed by atoms with Crippen molar-refractivity contribution in [1.29, 1.82) is 0 Å². The van der Waals surface area contributed by atoms with Gasteiger partial charge in [-0.25, -0.2) is 9.97 Å². The van der Waals surface area contributed by atoms with Crippen molar-refractivity contribution >= 4 is 176 Å². The zero-order valence-corrected chi connectivity index (χ0v) is 76.4. The number of halogens is 6. The summed E-state index contributed by atoms with van der Waals surface area (Å²) in [5.41, 5.74) is 35.0. The van der Waals surface area contributed by atoms with Gasteiger partial charge in [0.25, 0.3) is 11.4 Å². The van der Waals surface area contributed by atoms with Gasteiger partial charge in [0, 0.05) is 214 Å². The summed E-state index contributed by atoms with van der Waals surface area (Å²) in [6.45, 7) is 15.6. The average molecular weight is 2190 g/mol. The summed E-state index contributed by atoms with van der Waals surface area (Å²) in [5, 5.41) is 24.2. The van der Waals surface area contributed by atoms with E-state index in [0.717, 1.165) is 61.1 Å². The number of nitrogen functional groups attached to an aromatic ring is 2. The second kappa shape index (κ2) is 56.7. The molecule has 98 heavy (non-hydrogen) atoms. The number of nitrogens with one attached hydrogen (secondary N) is 1. The van der Waals surface area contributed by atoms with E-state index in [4.69, 9.17) is 48.9 Å². The average Bonchev–Trinajstić information content (AvgIpc) is 0.815. The first kappa shape index (κ1) is 94.4. The van der Waals surface area contributed by atoms with Crippen LogP contribution in [0.4, 0.5) is 28.4 Å². The third-order valence-electron chi connectivity index (χ3n) is 12.5. The van der Waals surface area contributed by atoms with Gasteiger partial charge in [-0.15, -0.1) is 5.56 Å². The Bertz CT molecular complexity index is 4200. The van der Waals surface area contributed by atoms with Crippen molar-refractivity contribution in [3.05, 3.63) is 286 Å². The summed E-state index contributed by atoms with van der Waals surface area (Å²) < 4.78 is 13.7. The number of carbonyl (C=O) groups excluding carboxylic acids is 4. The molecule has 18 nitrogen and oxygen atoms in total. The van der Waals surface area contributed by atoms with Gasteiger partial charge < -0.3 is 60.7 Å². The summed E-state index contributed by atoms with van der Waals surface area (Å²) in [4.78, 5) is 76.1. The first-order chi connectivity index (χ1) is 45.9. The molecule has 0 spiro atoms. The number of amides is 1. The van der Waals surface area contributed by atoms with Gasteiger partial charge in [-0.2, -0.15) is 145 Å². The Hall–Kier alpha value is -1.61. The van der Waals surface area contributed by atoms with E-state index in [1.165, 1.54) is 30.3 Å². The largest absolute Gasteiger partial charge is 0 e. The van der Waals surface area contributed by atoms with E-state index in [2.05, 4.69) is 152 Å². The number of hydrogen-bond acceptors (Lipinski definition) is 15. The molecule has 2 aromatic heterocycles. The Balaban J connectivity index is 0. The number of benzene rings is 8. The molecule has 4 radical (unpaired) electrons. The summed E-state index contributed by atoms with van der Waals surface area (Å²) in [6.07, 6.45) is 2.87. The number of hydrogen-bond donors (Lipinski definition) is 5. The maximum atomic E-state index is 10.8. The van der Waals surface area contributed by atoms with Gasteiger partial charge in [-0.1, -0.05) is 34.9 Å². The summed E-state index contributed by atoms with van der Waals surface area (Å²) in [5.74, 6) is 0.583. The van der Waals surface area contributed by atoms with Crippen molar-refractivity contribution < 1.29 is 182 Å². The molecule has 0 aliphatic heterocycles. The van der Waals surface area contributed by atoms with Gasteiger partial charge >= 0.3 is 98.8 Å². The Morgan fingerprint density at radius 3 is 1.49 bits per heavy atom. The number of aromatic nitrogens is 3. The number of nitrogens with zero attached hydrogens (tertiary/aromatic N) is 5. The Labute approximate surface area is 743 Å². The molecule has 9 N–H and O–H groups in total. The maximum Gasteiger partial charge on any atom is 0 e. The van der Waals surface area contributed by atoms with Crippen LogP contribution in [0.5, 0.6) is 0 Å². The van der Waals surface area contributed by atoms with E-state index in [-0.39, 0.29) is 155 Å². The molecule has 0 unspecified atom stereocenters. The number of fused-ring (bicyclic) bond motifs is 2. The molecule has 10 aromatic rings. The predicted molar refractivity (Wildman–Crippen MR) is 403 cm³/mol. The molecule has 30 heteroatoms. The van der Waals surface area contributed by atoms with Crippen LogP contribution in [-0.4, -0.2) is 47.9 Å². The van der Waals surface area contributed by atoms with Crippen molar-refractivity contribution in [3.63, 3.8) is 0 Å². The van der Waals surface area contributed by atoms with Crippen LogP contribution in [0, 0.1) is 72.2 Å². The molecule has 0 aliphatic carbocycles. The van der Waals surface area contributed by atoms with Crippen molar-refractivity contribution in [1.82, 2.24) is 15.0 Å². The van der Waals surface area contributed by atoms with Crippen LogP contribution in [0.3, 0.4) is 0 Å². The zero-order valence-electron chi connectivity index (χ0n) is 54.1. The van der Waals surface area contributed by atoms with Gasteiger partial charge in [-0.05, 0) is 82.4 Å². The molecule has 0 saturated heterocycles. The van der Waals surface area contributed by atoms with Crippen LogP contribution in [0.1, 0.15) is 62.4 Å². The molecule has 1 amide bonds. The van der Waals surface area contributed by atoms with Crippen LogP contribution in [0.25, 0.3) is 44.5 Å². The van der Waals surface area contributed by atoms with E-state index < -0.39 is 33.0 Å². The van der Waals surface area contributed by atoms with Crippen LogP contribution < -0.4 is 28.3 Å². The van der Waals surface area contributed by atoms with E-state index in [9.17, 15) is 39.4 Å². The van der Waals surface area contributed by atoms with Crippen LogP contribution in [-0.2, 0) is 205 Å². The van der Waals surface area contributed by atoms with Gasteiger partial charge in [0.15, 0.2) is 0 Å². The molecule has 0 atom stereocenters. The van der Waals surface area contributed by atoms with Gasteiger partial charge in [-0.3, -0.25) is 39.6 Å². The molecule has 8 aromatic carbocycles. The van der Waals surface area contributed by atoms with Crippen molar-refractivity contribution in [3.8, 4) is 22.6 Å². The molecular weight excluding hydrogens is 2120 g/mol. The fourth-order valence-electron chi connectivity index (χ4n) is 7.79. The first-order valence-corrected chi connectivity index (χ1v) is 46.0. The maximum absolute atomic E-state index is 10.8. The van der Waals surface area contributed by atoms with Gasteiger partial charge in [0.2, 0.25) is 16.9 Å². The molecule has 10 rings (SSSR count). The minimum Gasteiger partial charge on any atom is 0 e. The molecule has 2 heterocycles. The quantitative estimate of drug-likeness (QED) is 0.0121. The predicted octanol–water partition coefficient (Wildman–Crippen LogP) is 16.1. The second-order valence-corrected chi connectivity index (χ2v) is 42.8. The van der Waals surface area contributed by atoms with Crippen molar-refractivity contribution in [2.75, 3.05) is 16.8 Å². The Kier molecular flexibility index (Phi) is 54.7. The normalized spacial score (nSPS) is 9.67.